The molecule has 0 unspecified atom stereocenters. The van der Waals surface area contributed by atoms with Gasteiger partial charge in [-0.3, -0.25) is 0 Å². The molecule has 0 spiro atoms. The zero-order chi connectivity index (χ0) is 12.5. The van der Waals surface area contributed by atoms with Crippen LogP contribution in [0.1, 0.15) is 37.8 Å². The molecule has 2 heteroatoms. The Morgan fingerprint density at radius 1 is 1.06 bits per heavy atom. The molecular formula is C15H25NO. The summed E-state index contributed by atoms with van der Waals surface area (Å²) in [5.41, 5.74) is 2.32. The molecule has 0 saturated carbocycles. The van der Waals surface area contributed by atoms with Crippen LogP contribution in [-0.2, 0) is 13.0 Å². The lowest BCUT2D eigenvalue weighted by Gasteiger charge is -2.13. The molecule has 0 aromatic heterocycles. The van der Waals surface area contributed by atoms with E-state index in [1.165, 1.54) is 18.4 Å². The van der Waals surface area contributed by atoms with E-state index in [-0.39, 0.29) is 6.61 Å². The summed E-state index contributed by atoms with van der Waals surface area (Å²) >= 11 is 0. The van der Waals surface area contributed by atoms with E-state index in [9.17, 15) is 0 Å². The first-order valence-electron chi connectivity index (χ1n) is 6.69. The second-order valence-electron chi connectivity index (χ2n) is 4.61. The maximum atomic E-state index is 8.95. The van der Waals surface area contributed by atoms with Gasteiger partial charge in [0.15, 0.2) is 0 Å². The third-order valence-electron chi connectivity index (χ3n) is 3.38. The van der Waals surface area contributed by atoms with Gasteiger partial charge in [0.05, 0.1) is 6.61 Å². The van der Waals surface area contributed by atoms with Crippen LogP contribution in [0.15, 0.2) is 24.3 Å². The summed E-state index contributed by atoms with van der Waals surface area (Å²) in [5.74, 6) is 0.812. The maximum Gasteiger partial charge on any atom is 0.0681 e. The highest BCUT2D eigenvalue weighted by Crippen LogP contribution is 2.06. The monoisotopic (exact) mass is 235 g/mol. The molecular weight excluding hydrogens is 210 g/mol. The van der Waals surface area contributed by atoms with Gasteiger partial charge >= 0.3 is 0 Å². The van der Waals surface area contributed by atoms with E-state index in [2.05, 4.69) is 31.3 Å². The van der Waals surface area contributed by atoms with E-state index < -0.39 is 0 Å². The number of aliphatic hydroxyl groups is 1. The van der Waals surface area contributed by atoms with Crippen molar-refractivity contribution in [2.45, 2.75) is 39.7 Å². The van der Waals surface area contributed by atoms with Crippen molar-refractivity contribution in [3.05, 3.63) is 35.4 Å². The van der Waals surface area contributed by atoms with Crippen molar-refractivity contribution < 1.29 is 5.11 Å². The first-order valence-corrected chi connectivity index (χ1v) is 6.69. The van der Waals surface area contributed by atoms with E-state index in [1.807, 2.05) is 12.1 Å². The molecule has 1 aromatic rings. The SMILES string of the molecule is CCC(CC)CNCCc1ccc(CO)cc1. The van der Waals surface area contributed by atoms with Gasteiger partial charge in [-0.1, -0.05) is 51.0 Å². The summed E-state index contributed by atoms with van der Waals surface area (Å²) in [5, 5.41) is 12.5. The minimum absolute atomic E-state index is 0.132. The lowest BCUT2D eigenvalue weighted by atomic mass is 10.0. The zero-order valence-electron chi connectivity index (χ0n) is 11.1. The van der Waals surface area contributed by atoms with E-state index in [0.29, 0.717) is 0 Å². The van der Waals surface area contributed by atoms with Crippen LogP contribution < -0.4 is 5.32 Å². The molecule has 2 N–H and O–H groups in total. The van der Waals surface area contributed by atoms with Gasteiger partial charge in [-0.15, -0.1) is 0 Å². The minimum atomic E-state index is 0.132. The van der Waals surface area contributed by atoms with Crippen molar-refractivity contribution in [1.82, 2.24) is 5.32 Å². The zero-order valence-corrected chi connectivity index (χ0v) is 11.1. The number of benzene rings is 1. The average Bonchev–Trinajstić information content (AvgIpc) is 2.40. The lowest BCUT2D eigenvalue weighted by molar-refractivity contribution is 0.282. The predicted octanol–water partition coefficient (Wildman–Crippen LogP) is 2.75. The second kappa shape index (κ2) is 8.26. The van der Waals surface area contributed by atoms with Gasteiger partial charge in [0.2, 0.25) is 0 Å². The molecule has 0 aliphatic carbocycles. The second-order valence-corrected chi connectivity index (χ2v) is 4.61. The first kappa shape index (κ1) is 14.2. The topological polar surface area (TPSA) is 32.3 Å². The first-order chi connectivity index (χ1) is 8.30. The smallest absolute Gasteiger partial charge is 0.0681 e. The van der Waals surface area contributed by atoms with Crippen LogP contribution in [0.2, 0.25) is 0 Å². The Bertz CT molecular complexity index is 290. The van der Waals surface area contributed by atoms with Gasteiger partial charge in [-0.2, -0.15) is 0 Å². The van der Waals surface area contributed by atoms with Crippen LogP contribution in [0.3, 0.4) is 0 Å². The molecule has 1 aromatic carbocycles. The summed E-state index contributed by atoms with van der Waals surface area (Å²) in [6, 6.07) is 8.20. The van der Waals surface area contributed by atoms with Gasteiger partial charge in [0.1, 0.15) is 0 Å². The fourth-order valence-electron chi connectivity index (χ4n) is 1.93. The van der Waals surface area contributed by atoms with Gasteiger partial charge < -0.3 is 10.4 Å². The molecule has 0 heterocycles. The quantitative estimate of drug-likeness (QED) is 0.679. The van der Waals surface area contributed by atoms with Crippen LogP contribution in [-0.4, -0.2) is 18.2 Å². The fraction of sp³-hybridized carbons (Fsp3) is 0.600. The van der Waals surface area contributed by atoms with Crippen LogP contribution in [0.25, 0.3) is 0 Å². The normalized spacial score (nSPS) is 11.1. The van der Waals surface area contributed by atoms with Gasteiger partial charge in [-0.05, 0) is 36.6 Å². The van der Waals surface area contributed by atoms with Crippen LogP contribution >= 0.6 is 0 Å². The maximum absolute atomic E-state index is 8.95. The van der Waals surface area contributed by atoms with Crippen molar-refractivity contribution >= 4 is 0 Å². The van der Waals surface area contributed by atoms with Crippen molar-refractivity contribution in [3.63, 3.8) is 0 Å². The molecule has 0 amide bonds. The highest BCUT2D eigenvalue weighted by Gasteiger charge is 2.01. The highest BCUT2D eigenvalue weighted by molar-refractivity contribution is 5.22. The number of hydrogen-bond acceptors (Lipinski definition) is 2. The number of rotatable bonds is 8. The van der Waals surface area contributed by atoms with Crippen molar-refractivity contribution in [2.24, 2.45) is 5.92 Å². The largest absolute Gasteiger partial charge is 0.392 e. The molecule has 2 nitrogen and oxygen atoms in total. The van der Waals surface area contributed by atoms with Gasteiger partial charge in [0, 0.05) is 0 Å². The third-order valence-corrected chi connectivity index (χ3v) is 3.38. The molecule has 96 valence electrons. The van der Waals surface area contributed by atoms with E-state index in [1.54, 1.807) is 0 Å². The van der Waals surface area contributed by atoms with Crippen molar-refractivity contribution in [3.8, 4) is 0 Å². The molecule has 0 saturated heterocycles. The molecule has 0 aliphatic rings. The Morgan fingerprint density at radius 3 is 2.18 bits per heavy atom. The Balaban J connectivity index is 2.21. The summed E-state index contributed by atoms with van der Waals surface area (Å²) in [6.45, 7) is 6.80. The molecule has 0 fully saturated rings. The van der Waals surface area contributed by atoms with Gasteiger partial charge in [-0.25, -0.2) is 0 Å². The van der Waals surface area contributed by atoms with Crippen LogP contribution in [0.4, 0.5) is 0 Å². The van der Waals surface area contributed by atoms with Crippen molar-refractivity contribution in [2.75, 3.05) is 13.1 Å². The standard InChI is InChI=1S/C15H25NO/c1-3-13(4-2)11-16-10-9-14-5-7-15(12-17)8-6-14/h5-8,13,16-17H,3-4,9-12H2,1-2H3. The molecule has 0 bridgehead atoms. The third kappa shape index (κ3) is 5.33. The number of nitrogens with one attached hydrogen (secondary N) is 1. The summed E-state index contributed by atoms with van der Waals surface area (Å²) in [6.07, 6.45) is 3.58. The Morgan fingerprint density at radius 2 is 1.65 bits per heavy atom. The molecule has 0 radical (unpaired) electrons. The van der Waals surface area contributed by atoms with E-state index in [4.69, 9.17) is 5.11 Å². The molecule has 0 aliphatic heterocycles. The Kier molecular flexibility index (Phi) is 6.90. The van der Waals surface area contributed by atoms with Gasteiger partial charge in [0.25, 0.3) is 0 Å². The van der Waals surface area contributed by atoms with E-state index >= 15 is 0 Å². The molecule has 1 rings (SSSR count). The summed E-state index contributed by atoms with van der Waals surface area (Å²) in [7, 11) is 0. The van der Waals surface area contributed by atoms with Crippen LogP contribution in [0.5, 0.6) is 0 Å². The minimum Gasteiger partial charge on any atom is -0.392 e. The average molecular weight is 235 g/mol. The predicted molar refractivity (Wildman–Crippen MR) is 73.0 cm³/mol. The molecule has 0 atom stereocenters. The number of aliphatic hydroxyl groups excluding tert-OH is 1. The summed E-state index contributed by atoms with van der Waals surface area (Å²) in [4.78, 5) is 0. The van der Waals surface area contributed by atoms with E-state index in [0.717, 1.165) is 31.0 Å². The summed E-state index contributed by atoms with van der Waals surface area (Å²) < 4.78 is 0. The Hall–Kier alpha value is -0.860. The Labute approximate surface area is 105 Å². The lowest BCUT2D eigenvalue weighted by Crippen LogP contribution is -2.24. The van der Waals surface area contributed by atoms with Crippen LogP contribution in [0, 0.1) is 5.92 Å². The highest BCUT2D eigenvalue weighted by atomic mass is 16.3. The number of hydrogen-bond donors (Lipinski definition) is 2. The molecule has 17 heavy (non-hydrogen) atoms. The van der Waals surface area contributed by atoms with Crippen molar-refractivity contribution in [1.29, 1.82) is 0 Å². The fourth-order valence-corrected chi connectivity index (χ4v) is 1.93.